The van der Waals surface area contributed by atoms with Gasteiger partial charge in [-0.2, -0.15) is 0 Å². The van der Waals surface area contributed by atoms with E-state index in [1.165, 1.54) is 12.1 Å². The quantitative estimate of drug-likeness (QED) is 0.394. The van der Waals surface area contributed by atoms with Gasteiger partial charge in [0.25, 0.3) is 5.69 Å². The molecule has 2 atom stereocenters. The minimum Gasteiger partial charge on any atom is -0.304 e. The van der Waals surface area contributed by atoms with Gasteiger partial charge in [-0.1, -0.05) is 18.5 Å². The normalized spacial score (nSPS) is 12.2. The van der Waals surface area contributed by atoms with E-state index in [0.29, 0.717) is 21.9 Å². The van der Waals surface area contributed by atoms with Gasteiger partial charge in [-0.25, -0.2) is 0 Å². The molecule has 0 aliphatic heterocycles. The van der Waals surface area contributed by atoms with Crippen molar-refractivity contribution in [2.45, 2.75) is 25.9 Å². The van der Waals surface area contributed by atoms with Crippen LogP contribution in [0.15, 0.2) is 12.1 Å². The highest BCUT2D eigenvalue weighted by Crippen LogP contribution is 2.30. The Morgan fingerprint density at radius 1 is 1.65 bits per heavy atom. The van der Waals surface area contributed by atoms with E-state index >= 15 is 0 Å². The molecular formula is C11H14ClN2O2P. The lowest BCUT2D eigenvalue weighted by Gasteiger charge is -2.14. The van der Waals surface area contributed by atoms with Gasteiger partial charge in [-0.15, -0.1) is 9.24 Å². The second kappa shape index (κ2) is 5.56. The summed E-state index contributed by atoms with van der Waals surface area (Å²) < 4.78 is 0. The van der Waals surface area contributed by atoms with Crippen molar-refractivity contribution in [3.63, 3.8) is 0 Å². The zero-order valence-corrected chi connectivity index (χ0v) is 11.6. The molecule has 1 rings (SSSR count). The van der Waals surface area contributed by atoms with Crippen molar-refractivity contribution in [1.29, 1.82) is 5.41 Å². The van der Waals surface area contributed by atoms with E-state index in [1.54, 1.807) is 6.92 Å². The Balaban J connectivity index is 3.37. The van der Waals surface area contributed by atoms with Crippen LogP contribution in [0.2, 0.25) is 5.02 Å². The molecule has 0 radical (unpaired) electrons. The molecule has 0 spiro atoms. The lowest BCUT2D eigenvalue weighted by Crippen LogP contribution is -2.15. The largest absolute Gasteiger partial charge is 0.304 e. The summed E-state index contributed by atoms with van der Waals surface area (Å²) in [6.07, 6.45) is 0.766. The van der Waals surface area contributed by atoms with Crippen LogP contribution in [0.5, 0.6) is 0 Å². The molecule has 0 saturated carbocycles. The van der Waals surface area contributed by atoms with Crippen LogP contribution in [0.25, 0.3) is 0 Å². The van der Waals surface area contributed by atoms with Gasteiger partial charge in [0, 0.05) is 28.6 Å². The highest BCUT2D eigenvalue weighted by atomic mass is 35.5. The highest BCUT2D eigenvalue weighted by molar-refractivity contribution is 7.19. The van der Waals surface area contributed by atoms with Crippen molar-refractivity contribution in [1.82, 2.24) is 0 Å². The number of rotatable bonds is 4. The molecule has 0 aromatic heterocycles. The number of nitro groups is 1. The van der Waals surface area contributed by atoms with Crippen LogP contribution in [0, 0.1) is 22.4 Å². The number of benzene rings is 1. The third-order valence-electron chi connectivity index (χ3n) is 2.66. The van der Waals surface area contributed by atoms with E-state index < -0.39 is 4.92 Å². The molecule has 1 N–H and O–H groups in total. The Bertz CT molecular complexity index is 477. The molecule has 0 amide bonds. The average Bonchev–Trinajstić information content (AvgIpc) is 2.27. The average molecular weight is 273 g/mol. The van der Waals surface area contributed by atoms with E-state index in [2.05, 4.69) is 9.24 Å². The summed E-state index contributed by atoms with van der Waals surface area (Å²) in [7, 11) is 2.55. The van der Waals surface area contributed by atoms with Crippen LogP contribution in [0.3, 0.4) is 0 Å². The molecule has 17 heavy (non-hydrogen) atoms. The molecule has 4 nitrogen and oxygen atoms in total. The first-order valence-corrected chi connectivity index (χ1v) is 6.22. The molecular weight excluding hydrogens is 259 g/mol. The van der Waals surface area contributed by atoms with Crippen molar-refractivity contribution in [3.05, 3.63) is 38.4 Å². The fourth-order valence-corrected chi connectivity index (χ4v) is 2.06. The molecule has 0 bridgehead atoms. The fraction of sp³-hybridized carbons (Fsp3) is 0.364. The lowest BCUT2D eigenvalue weighted by molar-refractivity contribution is -0.385. The number of halogens is 1. The minimum absolute atomic E-state index is 0.00227. The summed E-state index contributed by atoms with van der Waals surface area (Å²) in [4.78, 5) is 10.4. The molecule has 92 valence electrons. The number of hydrogen-bond acceptors (Lipinski definition) is 3. The maximum Gasteiger partial charge on any atom is 0.273 e. The van der Waals surface area contributed by atoms with Crippen molar-refractivity contribution in [2.75, 3.05) is 0 Å². The molecule has 0 aliphatic rings. The standard InChI is InChI=1S/C11H14ClN2O2P/c1-3-9(17)11(13)10-6(2)8(14(15)16)5-4-7(10)12/h4-5,9,13H,3,17H2,1-2H3. The Morgan fingerprint density at radius 3 is 2.71 bits per heavy atom. The van der Waals surface area contributed by atoms with Gasteiger partial charge < -0.3 is 5.41 Å². The number of nitrogens with zero attached hydrogens (tertiary/aromatic N) is 1. The Morgan fingerprint density at radius 2 is 2.24 bits per heavy atom. The molecule has 6 heteroatoms. The molecule has 2 unspecified atom stereocenters. The van der Waals surface area contributed by atoms with Crippen LogP contribution in [0.1, 0.15) is 24.5 Å². The smallest absolute Gasteiger partial charge is 0.273 e. The van der Waals surface area contributed by atoms with Crippen LogP contribution < -0.4 is 0 Å². The molecule has 0 aliphatic carbocycles. The van der Waals surface area contributed by atoms with E-state index in [0.717, 1.165) is 6.42 Å². The number of nitrogens with one attached hydrogen (secondary N) is 1. The second-order valence-corrected chi connectivity index (χ2v) is 4.96. The molecule has 0 saturated heterocycles. The van der Waals surface area contributed by atoms with Gasteiger partial charge in [0.05, 0.1) is 9.95 Å². The van der Waals surface area contributed by atoms with E-state index in [-0.39, 0.29) is 11.3 Å². The van der Waals surface area contributed by atoms with Gasteiger partial charge >= 0.3 is 0 Å². The van der Waals surface area contributed by atoms with Gasteiger partial charge in [-0.3, -0.25) is 10.1 Å². The van der Waals surface area contributed by atoms with E-state index in [9.17, 15) is 10.1 Å². The third-order valence-corrected chi connectivity index (χ3v) is 3.78. The Hall–Kier alpha value is -0.990. The molecule has 1 aromatic rings. The zero-order valence-electron chi connectivity index (χ0n) is 9.66. The van der Waals surface area contributed by atoms with Crippen molar-refractivity contribution in [2.24, 2.45) is 0 Å². The first-order valence-electron chi connectivity index (χ1n) is 5.18. The van der Waals surface area contributed by atoms with E-state index in [1.807, 2.05) is 6.92 Å². The molecule has 1 aromatic carbocycles. The molecule has 0 heterocycles. The van der Waals surface area contributed by atoms with Crippen LogP contribution >= 0.6 is 20.8 Å². The Kier molecular flexibility index (Phi) is 4.61. The lowest BCUT2D eigenvalue weighted by atomic mass is 9.99. The first-order chi connectivity index (χ1) is 7.90. The topological polar surface area (TPSA) is 67.0 Å². The summed E-state index contributed by atoms with van der Waals surface area (Å²) >= 11 is 6.03. The van der Waals surface area contributed by atoms with Gasteiger partial charge in [-0.05, 0) is 19.4 Å². The van der Waals surface area contributed by atoms with Crippen LogP contribution in [0.4, 0.5) is 5.69 Å². The first kappa shape index (κ1) is 14.1. The zero-order chi connectivity index (χ0) is 13.2. The van der Waals surface area contributed by atoms with Crippen molar-refractivity contribution in [3.8, 4) is 0 Å². The molecule has 0 fully saturated rings. The van der Waals surface area contributed by atoms with Crippen LogP contribution in [-0.2, 0) is 0 Å². The van der Waals surface area contributed by atoms with Gasteiger partial charge in [0.15, 0.2) is 0 Å². The third kappa shape index (κ3) is 2.82. The summed E-state index contributed by atoms with van der Waals surface area (Å²) in [6, 6.07) is 2.85. The second-order valence-electron chi connectivity index (χ2n) is 3.75. The summed E-state index contributed by atoms with van der Waals surface area (Å²) in [6.45, 7) is 3.58. The van der Waals surface area contributed by atoms with Gasteiger partial charge in [0.1, 0.15) is 0 Å². The predicted octanol–water partition coefficient (Wildman–Crippen LogP) is 3.58. The van der Waals surface area contributed by atoms with Gasteiger partial charge in [0.2, 0.25) is 0 Å². The maximum absolute atomic E-state index is 10.8. The number of hydrogen-bond donors (Lipinski definition) is 1. The number of nitro benzene ring substituents is 1. The maximum atomic E-state index is 10.8. The Labute approximate surface area is 107 Å². The summed E-state index contributed by atoms with van der Waals surface area (Å²) in [5.41, 5.74) is 1.20. The predicted molar refractivity (Wildman–Crippen MR) is 73.5 cm³/mol. The summed E-state index contributed by atoms with van der Waals surface area (Å²) in [5, 5.41) is 19.2. The van der Waals surface area contributed by atoms with Crippen molar-refractivity contribution < 1.29 is 4.92 Å². The van der Waals surface area contributed by atoms with Crippen LogP contribution in [-0.4, -0.2) is 16.3 Å². The monoisotopic (exact) mass is 272 g/mol. The summed E-state index contributed by atoms with van der Waals surface area (Å²) in [5.74, 6) is 0. The highest BCUT2D eigenvalue weighted by Gasteiger charge is 2.21. The van der Waals surface area contributed by atoms with Crippen molar-refractivity contribution >= 4 is 32.2 Å². The van der Waals surface area contributed by atoms with E-state index in [4.69, 9.17) is 17.0 Å². The SMILES string of the molecule is CCC(P)C(=N)c1c(Cl)ccc([N+](=O)[O-])c1C. The minimum atomic E-state index is -0.452. The fourth-order valence-electron chi connectivity index (χ4n) is 1.59.